The number of aryl methyl sites for hydroxylation is 1. The molecule has 0 aliphatic rings. The molecule has 0 amide bonds. The van der Waals surface area contributed by atoms with Gasteiger partial charge in [-0.2, -0.15) is 5.26 Å². The van der Waals surface area contributed by atoms with Gasteiger partial charge in [-0.25, -0.2) is 0 Å². The topological polar surface area (TPSA) is 28.7 Å². The largest absolute Gasteiger partial charge is 0.350 e. The summed E-state index contributed by atoms with van der Waals surface area (Å²) in [6.07, 6.45) is 1.87. The molecule has 0 spiro atoms. The van der Waals surface area contributed by atoms with Crippen LogP contribution in [-0.4, -0.2) is 4.57 Å². The number of aromatic nitrogens is 1. The summed E-state index contributed by atoms with van der Waals surface area (Å²) in [5, 5.41) is 9.71. The Morgan fingerprint density at radius 1 is 1.50 bits per heavy atom. The van der Waals surface area contributed by atoms with Gasteiger partial charge in [0.25, 0.3) is 0 Å². The number of fused-ring (bicyclic) bond motifs is 1. The monoisotopic (exact) mass is 155 g/mol. The van der Waals surface area contributed by atoms with Crippen molar-refractivity contribution in [2.75, 3.05) is 0 Å². The molecular formula is C10H7N2. The Morgan fingerprint density at radius 2 is 2.33 bits per heavy atom. The smallest absolute Gasteiger partial charge is 0.0992 e. The fourth-order valence-corrected chi connectivity index (χ4v) is 1.25. The summed E-state index contributed by atoms with van der Waals surface area (Å²) in [6.45, 7) is 0. The molecule has 2 rings (SSSR count). The highest BCUT2D eigenvalue weighted by molar-refractivity contribution is 5.80. The highest BCUT2D eigenvalue weighted by atomic mass is 14.9. The van der Waals surface area contributed by atoms with Gasteiger partial charge in [0.1, 0.15) is 0 Å². The van der Waals surface area contributed by atoms with E-state index in [0.29, 0.717) is 5.56 Å². The molecule has 0 fully saturated rings. The summed E-state index contributed by atoms with van der Waals surface area (Å²) in [4.78, 5) is 0. The molecule has 2 nitrogen and oxygen atoms in total. The molecule has 0 saturated carbocycles. The van der Waals surface area contributed by atoms with Crippen LogP contribution in [0.4, 0.5) is 0 Å². The lowest BCUT2D eigenvalue weighted by molar-refractivity contribution is 0.968. The van der Waals surface area contributed by atoms with E-state index in [-0.39, 0.29) is 0 Å². The molecule has 0 saturated heterocycles. The van der Waals surface area contributed by atoms with E-state index < -0.39 is 0 Å². The van der Waals surface area contributed by atoms with Gasteiger partial charge in [0, 0.05) is 30.2 Å². The second kappa shape index (κ2) is 2.38. The van der Waals surface area contributed by atoms with Crippen molar-refractivity contribution in [3.05, 3.63) is 36.0 Å². The first kappa shape index (κ1) is 6.93. The highest BCUT2D eigenvalue weighted by Crippen LogP contribution is 2.15. The van der Waals surface area contributed by atoms with Crippen LogP contribution in [0.2, 0.25) is 0 Å². The summed E-state index contributed by atoms with van der Waals surface area (Å²) in [5.41, 5.74) is 1.74. The van der Waals surface area contributed by atoms with Gasteiger partial charge in [-0.05, 0) is 12.1 Å². The minimum absolute atomic E-state index is 0.692. The van der Waals surface area contributed by atoms with Crippen molar-refractivity contribution in [2.45, 2.75) is 0 Å². The molecule has 1 aromatic heterocycles. The van der Waals surface area contributed by atoms with Crippen LogP contribution in [0.1, 0.15) is 5.56 Å². The first-order valence-corrected chi connectivity index (χ1v) is 3.68. The van der Waals surface area contributed by atoms with Gasteiger partial charge in [0.15, 0.2) is 0 Å². The van der Waals surface area contributed by atoms with Crippen molar-refractivity contribution >= 4 is 10.9 Å². The van der Waals surface area contributed by atoms with Crippen LogP contribution in [0.5, 0.6) is 0 Å². The number of hydrogen-bond donors (Lipinski definition) is 0. The Kier molecular flexibility index (Phi) is 1.38. The minimum Gasteiger partial charge on any atom is -0.350 e. The van der Waals surface area contributed by atoms with Crippen LogP contribution < -0.4 is 0 Å². The second-order valence-electron chi connectivity index (χ2n) is 2.73. The Morgan fingerprint density at radius 3 is 3.08 bits per heavy atom. The van der Waals surface area contributed by atoms with E-state index in [1.165, 1.54) is 0 Å². The van der Waals surface area contributed by atoms with Gasteiger partial charge in [-0.15, -0.1) is 0 Å². The Hall–Kier alpha value is -1.75. The molecule has 0 atom stereocenters. The Labute approximate surface area is 70.7 Å². The van der Waals surface area contributed by atoms with Crippen LogP contribution in [0.15, 0.2) is 24.4 Å². The van der Waals surface area contributed by atoms with Gasteiger partial charge < -0.3 is 4.57 Å². The second-order valence-corrected chi connectivity index (χ2v) is 2.73. The lowest BCUT2D eigenvalue weighted by Crippen LogP contribution is -1.83. The molecule has 57 valence electrons. The van der Waals surface area contributed by atoms with Crippen LogP contribution in [-0.2, 0) is 7.05 Å². The summed E-state index contributed by atoms with van der Waals surface area (Å²) >= 11 is 0. The van der Waals surface area contributed by atoms with Crippen molar-refractivity contribution in [1.29, 1.82) is 5.26 Å². The first-order chi connectivity index (χ1) is 5.81. The number of benzene rings is 1. The fraction of sp³-hybridized carbons (Fsp3) is 0.100. The van der Waals surface area contributed by atoms with Gasteiger partial charge in [-0.3, -0.25) is 0 Å². The van der Waals surface area contributed by atoms with Crippen LogP contribution in [0.3, 0.4) is 0 Å². The molecule has 0 aliphatic carbocycles. The summed E-state index contributed by atoms with van der Waals surface area (Å²) < 4.78 is 1.95. The SMILES string of the molecule is Cn1c[c]c2ccc(C#N)cc21. The summed E-state index contributed by atoms with van der Waals surface area (Å²) in [7, 11) is 1.94. The van der Waals surface area contributed by atoms with Crippen molar-refractivity contribution in [3.63, 3.8) is 0 Å². The number of nitrogens with zero attached hydrogens (tertiary/aromatic N) is 2. The molecule has 1 aromatic carbocycles. The first-order valence-electron chi connectivity index (χ1n) is 3.68. The van der Waals surface area contributed by atoms with Gasteiger partial charge in [0.05, 0.1) is 11.6 Å². The van der Waals surface area contributed by atoms with E-state index in [4.69, 9.17) is 5.26 Å². The highest BCUT2D eigenvalue weighted by Gasteiger charge is 1.98. The maximum Gasteiger partial charge on any atom is 0.0992 e. The maximum absolute atomic E-state index is 8.66. The standard InChI is InChI=1S/C10H7N2/c1-12-5-4-9-3-2-8(7-11)6-10(9)12/h2-3,5-6H,1H3. The van der Waals surface area contributed by atoms with E-state index >= 15 is 0 Å². The van der Waals surface area contributed by atoms with Crippen LogP contribution >= 0.6 is 0 Å². The Balaban J connectivity index is 2.82. The minimum atomic E-state index is 0.692. The normalized spacial score (nSPS) is 10.0. The molecule has 2 aromatic rings. The molecule has 0 bridgehead atoms. The predicted molar refractivity (Wildman–Crippen MR) is 46.5 cm³/mol. The zero-order chi connectivity index (χ0) is 8.55. The average molecular weight is 155 g/mol. The summed E-state index contributed by atoms with van der Waals surface area (Å²) in [5.74, 6) is 0. The van der Waals surface area contributed by atoms with Gasteiger partial charge in [-0.1, -0.05) is 6.07 Å². The number of hydrogen-bond acceptors (Lipinski definition) is 1. The molecule has 0 aliphatic heterocycles. The Bertz CT molecular complexity index is 460. The van der Waals surface area contributed by atoms with Crippen LogP contribution in [0.25, 0.3) is 10.9 Å². The van der Waals surface area contributed by atoms with E-state index in [1.807, 2.05) is 29.9 Å². The number of rotatable bonds is 0. The zero-order valence-corrected chi connectivity index (χ0v) is 6.70. The van der Waals surface area contributed by atoms with E-state index in [1.54, 1.807) is 6.07 Å². The zero-order valence-electron chi connectivity index (χ0n) is 6.70. The van der Waals surface area contributed by atoms with Crippen molar-refractivity contribution in [1.82, 2.24) is 4.57 Å². The van der Waals surface area contributed by atoms with Gasteiger partial charge >= 0.3 is 0 Å². The molecule has 2 heteroatoms. The molecule has 0 N–H and O–H groups in total. The molecule has 1 heterocycles. The van der Waals surface area contributed by atoms with Crippen molar-refractivity contribution < 1.29 is 0 Å². The predicted octanol–water partition coefficient (Wildman–Crippen LogP) is 1.85. The van der Waals surface area contributed by atoms with Crippen LogP contribution in [0, 0.1) is 17.4 Å². The molecular weight excluding hydrogens is 148 g/mol. The third-order valence-corrected chi connectivity index (χ3v) is 1.92. The molecule has 1 radical (unpaired) electrons. The van der Waals surface area contributed by atoms with Gasteiger partial charge in [0.2, 0.25) is 0 Å². The third kappa shape index (κ3) is 0.876. The van der Waals surface area contributed by atoms with Crippen molar-refractivity contribution in [3.8, 4) is 6.07 Å². The fourth-order valence-electron chi connectivity index (χ4n) is 1.25. The van der Waals surface area contributed by atoms with Crippen molar-refractivity contribution in [2.24, 2.45) is 7.05 Å². The van der Waals surface area contributed by atoms with E-state index in [2.05, 4.69) is 12.1 Å². The molecule has 0 unspecified atom stereocenters. The van der Waals surface area contributed by atoms with E-state index in [9.17, 15) is 0 Å². The molecule has 12 heavy (non-hydrogen) atoms. The maximum atomic E-state index is 8.66. The third-order valence-electron chi connectivity index (χ3n) is 1.92. The number of nitriles is 1. The lowest BCUT2D eigenvalue weighted by atomic mass is 10.2. The summed E-state index contributed by atoms with van der Waals surface area (Å²) in [6, 6.07) is 10.8. The quantitative estimate of drug-likeness (QED) is 0.570. The average Bonchev–Trinajstić information content (AvgIpc) is 2.47. The lowest BCUT2D eigenvalue weighted by Gasteiger charge is -1.94. The van der Waals surface area contributed by atoms with E-state index in [0.717, 1.165) is 10.9 Å².